The number of carbonyl (C=O) groups is 1. The second kappa shape index (κ2) is 8.86. The van der Waals surface area contributed by atoms with Gasteiger partial charge in [0.25, 0.3) is 0 Å². The van der Waals surface area contributed by atoms with Gasteiger partial charge in [-0.25, -0.2) is 4.79 Å². The van der Waals surface area contributed by atoms with E-state index in [1.165, 1.54) is 0 Å². The Hall–Kier alpha value is -2.96. The lowest BCUT2D eigenvalue weighted by Gasteiger charge is -2.40. The summed E-state index contributed by atoms with van der Waals surface area (Å²) >= 11 is 0. The van der Waals surface area contributed by atoms with Gasteiger partial charge >= 0.3 is 24.6 Å². The molecule has 1 heterocycles. The molecule has 4 rings (SSSR count). The molecule has 1 fully saturated rings. The van der Waals surface area contributed by atoms with Gasteiger partial charge < -0.3 is 10.4 Å². The largest absolute Gasteiger partial charge is 0.465 e. The Morgan fingerprint density at radius 3 is 1.89 bits per heavy atom. The zero-order chi connectivity index (χ0) is 26.6. The third kappa shape index (κ3) is 5.40. The molecule has 2 unspecified atom stereocenters. The summed E-state index contributed by atoms with van der Waals surface area (Å²) in [4.78, 5) is 13.0. The number of fused-ring (bicyclic) bond motifs is 1. The van der Waals surface area contributed by atoms with Gasteiger partial charge in [-0.2, -0.15) is 39.5 Å². The van der Waals surface area contributed by atoms with E-state index < -0.39 is 59.9 Å². The van der Waals surface area contributed by atoms with Crippen LogP contribution in [0.4, 0.5) is 50.0 Å². The number of alkyl halides is 9. The van der Waals surface area contributed by atoms with E-state index in [0.717, 1.165) is 23.1 Å². The van der Waals surface area contributed by atoms with Crippen LogP contribution in [0, 0.1) is 5.92 Å². The van der Waals surface area contributed by atoms with Crippen LogP contribution in [0.25, 0.3) is 0 Å². The zero-order valence-electron chi connectivity index (χ0n) is 18.2. The third-order valence-corrected chi connectivity index (χ3v) is 6.37. The van der Waals surface area contributed by atoms with E-state index in [1.54, 1.807) is 0 Å². The number of halogens is 9. The standard InChI is InChI=1S/C23H19F9N2O2/c24-21(25,26)13-3-4-18-16(8-13)17(9-19(12-1-2-12)34(18)20(35)36)33-10-11-5-14(22(27,28)29)7-15(6-11)23(30,31)32/h3-8,12,17,19,33H,1-2,9-10H2,(H,35,36). The van der Waals surface area contributed by atoms with E-state index in [1.807, 2.05) is 0 Å². The molecule has 2 aromatic carbocycles. The van der Waals surface area contributed by atoms with Gasteiger partial charge in [0.1, 0.15) is 0 Å². The average Bonchev–Trinajstić information content (AvgIpc) is 3.59. The fourth-order valence-electron chi connectivity index (χ4n) is 4.57. The van der Waals surface area contributed by atoms with Crippen molar-refractivity contribution in [3.05, 3.63) is 64.2 Å². The first-order valence-electron chi connectivity index (χ1n) is 10.8. The number of hydrogen-bond donors (Lipinski definition) is 2. The van der Waals surface area contributed by atoms with Crippen LogP contribution in [0.3, 0.4) is 0 Å². The minimum absolute atomic E-state index is 0.00354. The molecule has 1 amide bonds. The van der Waals surface area contributed by atoms with Crippen LogP contribution in [0.15, 0.2) is 36.4 Å². The third-order valence-electron chi connectivity index (χ3n) is 6.37. The van der Waals surface area contributed by atoms with Gasteiger partial charge in [-0.3, -0.25) is 4.90 Å². The number of nitrogens with one attached hydrogen (secondary N) is 1. The number of carboxylic acid groups (broad SMARTS) is 1. The van der Waals surface area contributed by atoms with E-state index in [4.69, 9.17) is 0 Å². The predicted molar refractivity (Wildman–Crippen MR) is 109 cm³/mol. The molecular weight excluding hydrogens is 507 g/mol. The maximum absolute atomic E-state index is 13.4. The molecule has 1 aliphatic heterocycles. The van der Waals surface area contributed by atoms with E-state index in [-0.39, 0.29) is 35.2 Å². The number of benzene rings is 2. The first-order chi connectivity index (χ1) is 16.6. The molecule has 0 saturated heterocycles. The van der Waals surface area contributed by atoms with E-state index in [2.05, 4.69) is 5.32 Å². The van der Waals surface area contributed by atoms with Crippen molar-refractivity contribution in [2.24, 2.45) is 5.92 Å². The van der Waals surface area contributed by atoms with Gasteiger partial charge in [-0.1, -0.05) is 0 Å². The number of nitrogens with zero attached hydrogens (tertiary/aromatic N) is 1. The smallest absolute Gasteiger partial charge is 0.416 e. The fraction of sp³-hybridized carbons (Fsp3) is 0.435. The van der Waals surface area contributed by atoms with Gasteiger partial charge in [0.15, 0.2) is 0 Å². The predicted octanol–water partition coefficient (Wildman–Crippen LogP) is 7.24. The Labute approximate surface area is 198 Å². The van der Waals surface area contributed by atoms with Crippen molar-refractivity contribution in [1.29, 1.82) is 0 Å². The number of rotatable bonds is 4. The van der Waals surface area contributed by atoms with Crippen molar-refractivity contribution in [1.82, 2.24) is 5.32 Å². The van der Waals surface area contributed by atoms with Crippen LogP contribution in [-0.2, 0) is 25.1 Å². The van der Waals surface area contributed by atoms with E-state index in [0.29, 0.717) is 25.0 Å². The molecule has 2 N–H and O–H groups in total. The maximum atomic E-state index is 13.4. The molecule has 36 heavy (non-hydrogen) atoms. The van der Waals surface area contributed by atoms with Crippen LogP contribution in [0.2, 0.25) is 0 Å². The van der Waals surface area contributed by atoms with Gasteiger partial charge in [-0.15, -0.1) is 0 Å². The maximum Gasteiger partial charge on any atom is 0.416 e. The molecule has 13 heteroatoms. The summed E-state index contributed by atoms with van der Waals surface area (Å²) in [7, 11) is 0. The topological polar surface area (TPSA) is 52.6 Å². The number of anilines is 1. The summed E-state index contributed by atoms with van der Waals surface area (Å²) in [5.41, 5.74) is -4.49. The van der Waals surface area contributed by atoms with Crippen LogP contribution in [0.5, 0.6) is 0 Å². The summed E-state index contributed by atoms with van der Waals surface area (Å²) in [5.74, 6) is -0.0498. The first-order valence-corrected chi connectivity index (χ1v) is 10.8. The molecule has 196 valence electrons. The van der Waals surface area contributed by atoms with Crippen molar-refractivity contribution >= 4 is 11.8 Å². The van der Waals surface area contributed by atoms with Crippen LogP contribution in [-0.4, -0.2) is 17.2 Å². The van der Waals surface area contributed by atoms with Crippen LogP contribution >= 0.6 is 0 Å². The molecule has 2 aromatic rings. The molecule has 1 saturated carbocycles. The Morgan fingerprint density at radius 2 is 1.42 bits per heavy atom. The molecule has 4 nitrogen and oxygen atoms in total. The summed E-state index contributed by atoms with van der Waals surface area (Å²) in [6, 6.07) is 2.07. The number of amides is 1. The van der Waals surface area contributed by atoms with Crippen molar-refractivity contribution < 1.29 is 49.4 Å². The Kier molecular flexibility index (Phi) is 6.42. The van der Waals surface area contributed by atoms with Crippen LogP contribution < -0.4 is 10.2 Å². The molecule has 0 bridgehead atoms. The zero-order valence-corrected chi connectivity index (χ0v) is 18.2. The Bertz CT molecular complexity index is 1120. The summed E-state index contributed by atoms with van der Waals surface area (Å²) in [5, 5.41) is 12.5. The SMILES string of the molecule is O=C(O)N1c2ccc(C(F)(F)F)cc2C(NCc2cc(C(F)(F)F)cc(C(F)(F)F)c2)CC1C1CC1. The monoisotopic (exact) mass is 526 g/mol. The average molecular weight is 526 g/mol. The Morgan fingerprint density at radius 1 is 0.861 bits per heavy atom. The summed E-state index contributed by atoms with van der Waals surface area (Å²) in [6.45, 7) is -0.516. The number of hydrogen-bond acceptors (Lipinski definition) is 2. The lowest BCUT2D eigenvalue weighted by molar-refractivity contribution is -0.143. The first kappa shape index (κ1) is 26.1. The normalized spacial score (nSPS) is 20.9. The van der Waals surface area contributed by atoms with Crippen molar-refractivity contribution in [3.63, 3.8) is 0 Å². The highest BCUT2D eigenvalue weighted by atomic mass is 19.4. The van der Waals surface area contributed by atoms with Gasteiger partial charge in [-0.05, 0) is 72.7 Å². The summed E-state index contributed by atoms with van der Waals surface area (Å²) < 4.78 is 119. The second-order valence-corrected chi connectivity index (χ2v) is 8.91. The highest BCUT2D eigenvalue weighted by Crippen LogP contribution is 2.47. The molecular formula is C23H19F9N2O2. The fourth-order valence-corrected chi connectivity index (χ4v) is 4.57. The quantitative estimate of drug-likeness (QED) is 0.413. The van der Waals surface area contributed by atoms with Crippen molar-refractivity contribution in [3.8, 4) is 0 Å². The summed E-state index contributed by atoms with van der Waals surface area (Å²) in [6.07, 6.45) is -14.8. The van der Waals surface area contributed by atoms with Crippen molar-refractivity contribution in [2.45, 2.75) is 56.4 Å². The lowest BCUT2D eigenvalue weighted by atomic mass is 9.87. The van der Waals surface area contributed by atoms with Gasteiger partial charge in [0, 0.05) is 18.6 Å². The molecule has 2 atom stereocenters. The molecule has 0 radical (unpaired) electrons. The lowest BCUT2D eigenvalue weighted by Crippen LogP contribution is -2.47. The van der Waals surface area contributed by atoms with E-state index in [9.17, 15) is 49.4 Å². The van der Waals surface area contributed by atoms with Gasteiger partial charge in [0.2, 0.25) is 0 Å². The molecule has 0 aromatic heterocycles. The van der Waals surface area contributed by atoms with Crippen LogP contribution in [0.1, 0.15) is 53.1 Å². The minimum Gasteiger partial charge on any atom is -0.465 e. The second-order valence-electron chi connectivity index (χ2n) is 8.91. The highest BCUT2D eigenvalue weighted by Gasteiger charge is 2.45. The van der Waals surface area contributed by atoms with Crippen molar-refractivity contribution in [2.75, 3.05) is 4.90 Å². The highest BCUT2D eigenvalue weighted by molar-refractivity contribution is 5.89. The van der Waals surface area contributed by atoms with Gasteiger partial charge in [0.05, 0.1) is 22.4 Å². The Balaban J connectivity index is 1.71. The molecule has 0 spiro atoms. The minimum atomic E-state index is -5.05. The molecule has 2 aliphatic rings. The molecule has 1 aliphatic carbocycles. The van der Waals surface area contributed by atoms with E-state index >= 15 is 0 Å².